The summed E-state index contributed by atoms with van der Waals surface area (Å²) in [4.78, 5) is 2.62. The van der Waals surface area contributed by atoms with Gasteiger partial charge < -0.3 is 5.32 Å². The van der Waals surface area contributed by atoms with Crippen molar-refractivity contribution in [3.05, 3.63) is 0 Å². The molecule has 0 bridgehead atoms. The number of rotatable bonds is 6. The minimum absolute atomic E-state index is 0.493. The number of nitrogens with one attached hydrogen (secondary N) is 1. The summed E-state index contributed by atoms with van der Waals surface area (Å²) in [7, 11) is 4.46. The Bertz CT molecular complexity index is 262. The van der Waals surface area contributed by atoms with Crippen LogP contribution in [0.4, 0.5) is 0 Å². The van der Waals surface area contributed by atoms with E-state index in [0.29, 0.717) is 23.5 Å². The fraction of sp³-hybridized carbons (Fsp3) is 1.00. The average molecular weight is 268 g/mol. The van der Waals surface area contributed by atoms with Crippen molar-refractivity contribution in [3.8, 4) is 0 Å². The lowest BCUT2D eigenvalue weighted by atomic mass is 9.67. The first kappa shape index (κ1) is 17.0. The van der Waals surface area contributed by atoms with Crippen molar-refractivity contribution in [3.63, 3.8) is 0 Å². The van der Waals surface area contributed by atoms with E-state index < -0.39 is 0 Å². The van der Waals surface area contributed by atoms with Crippen LogP contribution >= 0.6 is 0 Å². The number of hydrogen-bond acceptors (Lipinski definition) is 2. The van der Waals surface area contributed by atoms with E-state index in [4.69, 9.17) is 0 Å². The minimum atomic E-state index is 0.493. The van der Waals surface area contributed by atoms with Gasteiger partial charge >= 0.3 is 0 Å². The van der Waals surface area contributed by atoms with Crippen LogP contribution in [0.2, 0.25) is 0 Å². The van der Waals surface area contributed by atoms with Crippen molar-refractivity contribution in [2.24, 2.45) is 11.3 Å². The van der Waals surface area contributed by atoms with E-state index in [0.717, 1.165) is 5.92 Å². The zero-order valence-electron chi connectivity index (χ0n) is 14.3. The van der Waals surface area contributed by atoms with Gasteiger partial charge in [0.2, 0.25) is 0 Å². The standard InChI is InChI=1S/C17H36N2/c1-8-13(3)19(7)16-12-14(17(4,5)9-2)10-11-15(16)18-6/h13-16,18H,8-12H2,1-7H3. The number of nitrogens with zero attached hydrogens (tertiary/aromatic N) is 1. The van der Waals surface area contributed by atoms with Gasteiger partial charge in [-0.15, -0.1) is 0 Å². The maximum Gasteiger partial charge on any atom is 0.0251 e. The Morgan fingerprint density at radius 1 is 1.26 bits per heavy atom. The summed E-state index contributed by atoms with van der Waals surface area (Å²) in [6.07, 6.45) is 6.60. The van der Waals surface area contributed by atoms with Crippen LogP contribution in [-0.2, 0) is 0 Å². The predicted molar refractivity (Wildman–Crippen MR) is 85.6 cm³/mol. The molecule has 1 saturated carbocycles. The van der Waals surface area contributed by atoms with E-state index >= 15 is 0 Å². The van der Waals surface area contributed by atoms with E-state index in [1.807, 2.05) is 0 Å². The second-order valence-electron chi connectivity index (χ2n) is 7.24. The quantitative estimate of drug-likeness (QED) is 0.786. The molecule has 0 amide bonds. The molecule has 1 aliphatic rings. The largest absolute Gasteiger partial charge is 0.315 e. The first-order chi connectivity index (χ1) is 8.87. The molecule has 4 unspecified atom stereocenters. The Morgan fingerprint density at radius 2 is 1.89 bits per heavy atom. The predicted octanol–water partition coefficient (Wildman–Crippen LogP) is 3.91. The molecule has 0 aromatic rings. The SMILES string of the molecule is CCC(C)N(C)C1CC(C(C)(C)CC)CCC1NC. The first-order valence-corrected chi connectivity index (χ1v) is 8.26. The van der Waals surface area contributed by atoms with E-state index in [2.05, 4.69) is 58.9 Å². The topological polar surface area (TPSA) is 15.3 Å². The third-order valence-corrected chi connectivity index (χ3v) is 6.01. The maximum atomic E-state index is 3.56. The average Bonchev–Trinajstić information content (AvgIpc) is 2.44. The van der Waals surface area contributed by atoms with Crippen molar-refractivity contribution in [2.45, 2.75) is 84.8 Å². The van der Waals surface area contributed by atoms with E-state index in [1.54, 1.807) is 0 Å². The molecular weight excluding hydrogens is 232 g/mol. The Hall–Kier alpha value is -0.0800. The highest BCUT2D eigenvalue weighted by molar-refractivity contribution is 4.94. The third-order valence-electron chi connectivity index (χ3n) is 6.01. The van der Waals surface area contributed by atoms with Crippen molar-refractivity contribution in [1.29, 1.82) is 0 Å². The molecule has 0 saturated heterocycles. The molecule has 0 spiro atoms. The molecule has 0 aromatic carbocycles. The molecule has 0 aliphatic heterocycles. The Kier molecular flexibility index (Phi) is 6.32. The molecule has 1 rings (SSSR count). The van der Waals surface area contributed by atoms with Crippen LogP contribution in [0.5, 0.6) is 0 Å². The van der Waals surface area contributed by atoms with Crippen LogP contribution < -0.4 is 5.32 Å². The van der Waals surface area contributed by atoms with Crippen molar-refractivity contribution < 1.29 is 0 Å². The summed E-state index contributed by atoms with van der Waals surface area (Å²) in [6, 6.07) is 2.05. The summed E-state index contributed by atoms with van der Waals surface area (Å²) in [5.41, 5.74) is 0.493. The van der Waals surface area contributed by atoms with Gasteiger partial charge in [-0.2, -0.15) is 0 Å². The van der Waals surface area contributed by atoms with E-state index in [-0.39, 0.29) is 0 Å². The van der Waals surface area contributed by atoms with Crippen molar-refractivity contribution in [1.82, 2.24) is 10.2 Å². The maximum absolute atomic E-state index is 3.56. The molecule has 0 aromatic heterocycles. The third kappa shape index (κ3) is 3.95. The number of hydrogen-bond donors (Lipinski definition) is 1. The lowest BCUT2D eigenvalue weighted by Gasteiger charge is -2.47. The van der Waals surface area contributed by atoms with Gasteiger partial charge in [-0.05, 0) is 58.0 Å². The van der Waals surface area contributed by atoms with Crippen molar-refractivity contribution in [2.75, 3.05) is 14.1 Å². The van der Waals surface area contributed by atoms with E-state index in [1.165, 1.54) is 32.1 Å². The second-order valence-corrected chi connectivity index (χ2v) is 7.24. The van der Waals surface area contributed by atoms with Crippen LogP contribution in [-0.4, -0.2) is 37.1 Å². The van der Waals surface area contributed by atoms with Gasteiger partial charge in [-0.3, -0.25) is 4.90 Å². The fourth-order valence-electron chi connectivity index (χ4n) is 3.55. The van der Waals surface area contributed by atoms with Crippen LogP contribution in [0.3, 0.4) is 0 Å². The molecule has 0 heterocycles. The van der Waals surface area contributed by atoms with Gasteiger partial charge in [0, 0.05) is 18.1 Å². The zero-order valence-corrected chi connectivity index (χ0v) is 14.3. The first-order valence-electron chi connectivity index (χ1n) is 8.26. The molecule has 1 N–H and O–H groups in total. The van der Waals surface area contributed by atoms with Crippen LogP contribution in [0.25, 0.3) is 0 Å². The molecule has 2 heteroatoms. The second kappa shape index (κ2) is 7.08. The van der Waals surface area contributed by atoms with Gasteiger partial charge in [-0.25, -0.2) is 0 Å². The molecule has 1 fully saturated rings. The summed E-state index contributed by atoms with van der Waals surface area (Å²) < 4.78 is 0. The summed E-state index contributed by atoms with van der Waals surface area (Å²) in [5.74, 6) is 0.874. The van der Waals surface area contributed by atoms with Gasteiger partial charge in [0.05, 0.1) is 0 Å². The van der Waals surface area contributed by atoms with Gasteiger partial charge in [0.25, 0.3) is 0 Å². The fourth-order valence-corrected chi connectivity index (χ4v) is 3.55. The molecule has 2 nitrogen and oxygen atoms in total. The molecule has 4 atom stereocenters. The van der Waals surface area contributed by atoms with Gasteiger partial charge in [0.1, 0.15) is 0 Å². The minimum Gasteiger partial charge on any atom is -0.315 e. The highest BCUT2D eigenvalue weighted by atomic mass is 15.2. The lowest BCUT2D eigenvalue weighted by molar-refractivity contribution is 0.0468. The van der Waals surface area contributed by atoms with Crippen molar-refractivity contribution >= 4 is 0 Å². The Balaban J connectivity index is 2.79. The monoisotopic (exact) mass is 268 g/mol. The van der Waals surface area contributed by atoms with Crippen LogP contribution in [0, 0.1) is 11.3 Å². The smallest absolute Gasteiger partial charge is 0.0251 e. The molecular formula is C17H36N2. The number of likely N-dealkylation sites (N-methyl/N-ethyl adjacent to an activating group) is 2. The van der Waals surface area contributed by atoms with Gasteiger partial charge in [0.15, 0.2) is 0 Å². The van der Waals surface area contributed by atoms with Crippen LogP contribution in [0.1, 0.15) is 66.7 Å². The Labute approximate surface area is 121 Å². The highest BCUT2D eigenvalue weighted by Crippen LogP contribution is 2.41. The molecule has 114 valence electrons. The van der Waals surface area contributed by atoms with Crippen LogP contribution in [0.15, 0.2) is 0 Å². The normalized spacial score (nSPS) is 30.6. The zero-order chi connectivity index (χ0) is 14.6. The summed E-state index contributed by atoms with van der Waals surface area (Å²) >= 11 is 0. The lowest BCUT2D eigenvalue weighted by Crippen LogP contribution is -2.54. The summed E-state index contributed by atoms with van der Waals surface area (Å²) in [6.45, 7) is 11.9. The highest BCUT2D eigenvalue weighted by Gasteiger charge is 2.38. The van der Waals surface area contributed by atoms with E-state index in [9.17, 15) is 0 Å². The summed E-state index contributed by atoms with van der Waals surface area (Å²) in [5, 5.41) is 3.56. The molecule has 1 aliphatic carbocycles. The molecule has 0 radical (unpaired) electrons. The molecule has 19 heavy (non-hydrogen) atoms. The Morgan fingerprint density at radius 3 is 2.37 bits per heavy atom. The van der Waals surface area contributed by atoms with Gasteiger partial charge in [-0.1, -0.05) is 34.1 Å².